The molecule has 0 bridgehead atoms. The van der Waals surface area contributed by atoms with Crippen LogP contribution in [0.2, 0.25) is 5.02 Å². The molecule has 0 radical (unpaired) electrons. The summed E-state index contributed by atoms with van der Waals surface area (Å²) >= 11 is 6.32. The first-order valence-corrected chi connectivity index (χ1v) is 9.01. The van der Waals surface area contributed by atoms with Crippen LogP contribution in [0.5, 0.6) is 0 Å². The Hall–Kier alpha value is -2.38. The van der Waals surface area contributed by atoms with Crippen molar-refractivity contribution in [2.45, 2.75) is 6.54 Å². The minimum absolute atomic E-state index is 0.140. The van der Waals surface area contributed by atoms with Crippen molar-refractivity contribution in [1.82, 2.24) is 30.8 Å². The van der Waals surface area contributed by atoms with Crippen molar-refractivity contribution < 1.29 is 4.39 Å². The van der Waals surface area contributed by atoms with Crippen LogP contribution in [0.1, 0.15) is 5.56 Å². The molecule has 1 saturated heterocycles. The lowest BCUT2D eigenvalue weighted by Crippen LogP contribution is -2.45. The van der Waals surface area contributed by atoms with Gasteiger partial charge in [-0.2, -0.15) is 0 Å². The van der Waals surface area contributed by atoms with Crippen molar-refractivity contribution in [3.8, 4) is 0 Å². The molecule has 0 aliphatic carbocycles. The van der Waals surface area contributed by atoms with Gasteiger partial charge in [0.25, 0.3) is 0 Å². The Morgan fingerprint density at radius 2 is 2.00 bits per heavy atom. The van der Waals surface area contributed by atoms with E-state index in [1.807, 2.05) is 18.3 Å². The van der Waals surface area contributed by atoms with Crippen LogP contribution in [-0.2, 0) is 6.54 Å². The highest BCUT2D eigenvalue weighted by Crippen LogP contribution is 2.24. The maximum Gasteiger partial charge on any atom is 0.144 e. The third kappa shape index (κ3) is 3.45. The number of nitrogens with zero attached hydrogens (tertiary/aromatic N) is 3. The highest BCUT2D eigenvalue weighted by molar-refractivity contribution is 6.34. The Morgan fingerprint density at radius 1 is 1.19 bits per heavy atom. The van der Waals surface area contributed by atoms with Gasteiger partial charge in [0.05, 0.1) is 28.5 Å². The molecule has 0 atom stereocenters. The second kappa shape index (κ2) is 7.47. The second-order valence-electron chi connectivity index (χ2n) is 6.28. The monoisotopic (exact) mass is 374 g/mol. The van der Waals surface area contributed by atoms with E-state index in [9.17, 15) is 4.39 Å². The van der Waals surface area contributed by atoms with Crippen LogP contribution in [0.4, 0.5) is 4.39 Å². The average Bonchev–Trinajstić information content (AvgIpc) is 2.67. The van der Waals surface area contributed by atoms with Crippen LogP contribution in [0.3, 0.4) is 0 Å². The summed E-state index contributed by atoms with van der Waals surface area (Å²) in [6.07, 6.45) is 5.10. The number of piperazine rings is 1. The van der Waals surface area contributed by atoms with Crippen molar-refractivity contribution in [2.24, 2.45) is 0 Å². The third-order valence-electron chi connectivity index (χ3n) is 4.52. The molecule has 1 aromatic carbocycles. The number of benzene rings is 1. The summed E-state index contributed by atoms with van der Waals surface area (Å²) in [5, 5.41) is 10.2. The Bertz CT molecular complexity index is 875. The lowest BCUT2D eigenvalue weighted by molar-refractivity contribution is 0.287. The molecule has 2 aliphatic rings. The first kappa shape index (κ1) is 17.1. The SMILES string of the molecule is FC1=C(N2CCNCC2)C(NCc2cc(Cl)c3nccnc3c2)=CNC1. The van der Waals surface area contributed by atoms with Gasteiger partial charge >= 0.3 is 0 Å². The fraction of sp³-hybridized carbons (Fsp3) is 0.333. The lowest BCUT2D eigenvalue weighted by Gasteiger charge is -2.34. The number of halogens is 2. The average molecular weight is 375 g/mol. The Kier molecular flexibility index (Phi) is 4.90. The molecule has 3 N–H and O–H groups in total. The van der Waals surface area contributed by atoms with Crippen LogP contribution in [0, 0.1) is 0 Å². The number of aromatic nitrogens is 2. The predicted octanol–water partition coefficient (Wildman–Crippen LogP) is 1.90. The topological polar surface area (TPSA) is 65.1 Å². The highest BCUT2D eigenvalue weighted by atomic mass is 35.5. The first-order valence-electron chi connectivity index (χ1n) is 8.63. The Labute approximate surface area is 156 Å². The molecular weight excluding hydrogens is 355 g/mol. The van der Waals surface area contributed by atoms with Gasteiger partial charge in [-0.25, -0.2) is 4.39 Å². The Balaban J connectivity index is 1.54. The van der Waals surface area contributed by atoms with Gasteiger partial charge in [-0.3, -0.25) is 9.97 Å². The maximum atomic E-state index is 14.5. The minimum atomic E-state index is -0.140. The smallest absolute Gasteiger partial charge is 0.144 e. The molecule has 1 aromatic heterocycles. The van der Waals surface area contributed by atoms with Crippen LogP contribution in [0.15, 0.2) is 47.9 Å². The zero-order chi connectivity index (χ0) is 17.9. The number of dihydropyridines is 1. The molecule has 0 unspecified atom stereocenters. The molecular formula is C18H20ClFN6. The van der Waals surface area contributed by atoms with E-state index in [1.54, 1.807) is 12.4 Å². The van der Waals surface area contributed by atoms with Crippen molar-refractivity contribution in [1.29, 1.82) is 0 Å². The third-order valence-corrected chi connectivity index (χ3v) is 4.81. The van der Waals surface area contributed by atoms with Crippen LogP contribution in [0.25, 0.3) is 11.0 Å². The molecule has 0 saturated carbocycles. The molecule has 2 aromatic rings. The van der Waals surface area contributed by atoms with Gasteiger partial charge < -0.3 is 20.9 Å². The van der Waals surface area contributed by atoms with Gasteiger partial charge in [-0.1, -0.05) is 11.6 Å². The molecule has 26 heavy (non-hydrogen) atoms. The van der Waals surface area contributed by atoms with Gasteiger partial charge in [0.15, 0.2) is 0 Å². The summed E-state index contributed by atoms with van der Waals surface area (Å²) in [4.78, 5) is 10.6. The first-order chi connectivity index (χ1) is 12.7. The molecule has 6 nitrogen and oxygen atoms in total. The van der Waals surface area contributed by atoms with Crippen LogP contribution in [-0.4, -0.2) is 47.6 Å². The van der Waals surface area contributed by atoms with Gasteiger partial charge in [0.2, 0.25) is 0 Å². The molecule has 4 rings (SSSR count). The number of nitrogens with one attached hydrogen (secondary N) is 3. The summed E-state index contributed by atoms with van der Waals surface area (Å²) in [6, 6.07) is 3.82. The van der Waals surface area contributed by atoms with Crippen molar-refractivity contribution in [3.05, 3.63) is 58.5 Å². The molecule has 0 amide bonds. The standard InChI is InChI=1S/C18H20ClFN6/c19-13-7-12(8-15-17(13)24-2-1-23-15)9-25-16-11-22-10-14(20)18(16)26-5-3-21-4-6-26/h1-2,7-8,11,21-22,25H,3-6,9-10H2. The number of hydrogen-bond acceptors (Lipinski definition) is 6. The van der Waals surface area contributed by atoms with Crippen molar-refractivity contribution >= 4 is 22.6 Å². The van der Waals surface area contributed by atoms with Crippen molar-refractivity contribution in [2.75, 3.05) is 32.7 Å². The van der Waals surface area contributed by atoms with E-state index >= 15 is 0 Å². The number of hydrogen-bond donors (Lipinski definition) is 3. The highest BCUT2D eigenvalue weighted by Gasteiger charge is 2.23. The van der Waals surface area contributed by atoms with E-state index < -0.39 is 0 Å². The minimum Gasteiger partial charge on any atom is -0.383 e. The predicted molar refractivity (Wildman–Crippen MR) is 100 cm³/mol. The van der Waals surface area contributed by atoms with Gasteiger partial charge in [-0.15, -0.1) is 0 Å². The van der Waals surface area contributed by atoms with E-state index in [2.05, 4.69) is 30.8 Å². The summed E-state index contributed by atoms with van der Waals surface area (Å²) in [7, 11) is 0. The number of fused-ring (bicyclic) bond motifs is 1. The molecule has 2 aliphatic heterocycles. The normalized spacial score (nSPS) is 17.9. The van der Waals surface area contributed by atoms with Crippen molar-refractivity contribution in [3.63, 3.8) is 0 Å². The molecule has 3 heterocycles. The van der Waals surface area contributed by atoms with E-state index in [0.29, 0.717) is 22.8 Å². The maximum absolute atomic E-state index is 14.5. The fourth-order valence-electron chi connectivity index (χ4n) is 3.29. The Morgan fingerprint density at radius 3 is 2.85 bits per heavy atom. The molecule has 136 valence electrons. The zero-order valence-corrected chi connectivity index (χ0v) is 15.0. The van der Waals surface area contributed by atoms with E-state index in [4.69, 9.17) is 11.6 Å². The van der Waals surface area contributed by atoms with Crippen LogP contribution >= 0.6 is 11.6 Å². The fourth-order valence-corrected chi connectivity index (χ4v) is 3.58. The lowest BCUT2D eigenvalue weighted by atomic mass is 10.1. The summed E-state index contributed by atoms with van der Waals surface area (Å²) in [5.41, 5.74) is 3.80. The van der Waals surface area contributed by atoms with Gasteiger partial charge in [0, 0.05) is 51.3 Å². The van der Waals surface area contributed by atoms with E-state index in [1.165, 1.54) is 0 Å². The molecule has 1 fully saturated rings. The van der Waals surface area contributed by atoms with Crippen LogP contribution < -0.4 is 16.0 Å². The molecule has 8 heteroatoms. The summed E-state index contributed by atoms with van der Waals surface area (Å²) in [5.74, 6) is -0.140. The summed E-state index contributed by atoms with van der Waals surface area (Å²) in [6.45, 7) is 4.04. The van der Waals surface area contributed by atoms with E-state index in [0.717, 1.165) is 43.0 Å². The summed E-state index contributed by atoms with van der Waals surface area (Å²) < 4.78 is 14.5. The second-order valence-corrected chi connectivity index (χ2v) is 6.69. The molecule has 0 spiro atoms. The van der Waals surface area contributed by atoms with Gasteiger partial charge in [0.1, 0.15) is 11.3 Å². The van der Waals surface area contributed by atoms with E-state index in [-0.39, 0.29) is 12.4 Å². The quantitative estimate of drug-likeness (QED) is 0.759. The zero-order valence-electron chi connectivity index (χ0n) is 14.2. The largest absolute Gasteiger partial charge is 0.383 e. The number of rotatable bonds is 4. The van der Waals surface area contributed by atoms with Gasteiger partial charge in [-0.05, 0) is 17.7 Å².